The largest absolute Gasteiger partial charge is 0.462 e. The number of fused-ring (bicyclic) bond motifs is 1. The number of nitrogens with zero attached hydrogens (tertiary/aromatic N) is 3. The molecule has 0 aliphatic rings. The molecule has 0 spiro atoms. The van der Waals surface area contributed by atoms with Gasteiger partial charge in [0.05, 0.1) is 12.1 Å². The number of aryl methyl sites for hydroxylation is 1. The summed E-state index contributed by atoms with van der Waals surface area (Å²) < 4.78 is 7.75. The summed E-state index contributed by atoms with van der Waals surface area (Å²) in [7, 11) is 0. The van der Waals surface area contributed by atoms with Gasteiger partial charge < -0.3 is 9.73 Å². The third kappa shape index (κ3) is 2.44. The molecular weight excluding hydrogens is 252 g/mol. The van der Waals surface area contributed by atoms with Crippen molar-refractivity contribution in [2.45, 2.75) is 26.9 Å². The smallest absolute Gasteiger partial charge is 0.126 e. The zero-order valence-corrected chi connectivity index (χ0v) is 11.8. The molecule has 2 aromatic heterocycles. The first-order valence-corrected chi connectivity index (χ1v) is 6.85. The van der Waals surface area contributed by atoms with Crippen LogP contribution in [0.4, 0.5) is 0 Å². The molecule has 0 saturated carbocycles. The number of aromatic nitrogens is 3. The molecule has 0 fully saturated rings. The minimum atomic E-state index is 0.605. The van der Waals surface area contributed by atoms with E-state index in [0.717, 1.165) is 35.6 Å². The van der Waals surface area contributed by atoms with Crippen molar-refractivity contribution in [2.24, 2.45) is 0 Å². The van der Waals surface area contributed by atoms with Crippen molar-refractivity contribution in [3.05, 3.63) is 47.4 Å². The van der Waals surface area contributed by atoms with E-state index in [1.54, 1.807) is 0 Å². The van der Waals surface area contributed by atoms with Crippen LogP contribution in [0.3, 0.4) is 0 Å². The minimum Gasteiger partial charge on any atom is -0.462 e. The van der Waals surface area contributed by atoms with Gasteiger partial charge in [0.1, 0.15) is 23.6 Å². The highest BCUT2D eigenvalue weighted by Gasteiger charge is 2.10. The van der Waals surface area contributed by atoms with Crippen LogP contribution in [0.25, 0.3) is 11.0 Å². The Bertz CT molecular complexity index is 714. The number of benzene rings is 1. The average molecular weight is 270 g/mol. The fraction of sp³-hybridized carbons (Fsp3) is 0.333. The van der Waals surface area contributed by atoms with Crippen LogP contribution in [0.15, 0.2) is 34.7 Å². The topological polar surface area (TPSA) is 55.9 Å². The Balaban J connectivity index is 1.84. The van der Waals surface area contributed by atoms with E-state index in [0.29, 0.717) is 6.54 Å². The molecular formula is C15H18N4O. The molecule has 0 unspecified atom stereocenters. The van der Waals surface area contributed by atoms with E-state index in [1.807, 2.05) is 28.9 Å². The van der Waals surface area contributed by atoms with Crippen LogP contribution in [0.2, 0.25) is 0 Å². The molecule has 0 bridgehead atoms. The molecule has 1 N–H and O–H groups in total. The van der Waals surface area contributed by atoms with E-state index in [4.69, 9.17) is 4.42 Å². The Labute approximate surface area is 117 Å². The van der Waals surface area contributed by atoms with Crippen LogP contribution in [-0.4, -0.2) is 21.5 Å². The fourth-order valence-electron chi connectivity index (χ4n) is 2.26. The lowest BCUT2D eigenvalue weighted by molar-refractivity contribution is 0.431. The van der Waals surface area contributed by atoms with Gasteiger partial charge in [0.2, 0.25) is 0 Å². The zero-order valence-electron chi connectivity index (χ0n) is 11.8. The molecule has 0 aliphatic heterocycles. The van der Waals surface area contributed by atoms with Crippen molar-refractivity contribution >= 4 is 11.0 Å². The number of furan rings is 1. The summed E-state index contributed by atoms with van der Waals surface area (Å²) in [5, 5.41) is 11.6. The molecule has 20 heavy (non-hydrogen) atoms. The fourth-order valence-corrected chi connectivity index (χ4v) is 2.26. The van der Waals surface area contributed by atoms with Crippen molar-refractivity contribution in [3.63, 3.8) is 0 Å². The third-order valence-electron chi connectivity index (χ3n) is 3.33. The molecule has 1 aromatic carbocycles. The lowest BCUT2D eigenvalue weighted by atomic mass is 10.2. The van der Waals surface area contributed by atoms with E-state index >= 15 is 0 Å². The molecule has 3 aromatic rings. The second kappa shape index (κ2) is 5.46. The van der Waals surface area contributed by atoms with Gasteiger partial charge in [-0.05, 0) is 37.2 Å². The van der Waals surface area contributed by atoms with Gasteiger partial charge in [-0.15, -0.1) is 5.10 Å². The Kier molecular flexibility index (Phi) is 3.52. The molecule has 0 radical (unpaired) electrons. The number of hydrogen-bond acceptors (Lipinski definition) is 4. The highest BCUT2D eigenvalue weighted by Crippen LogP contribution is 2.17. The van der Waals surface area contributed by atoms with E-state index in [1.165, 1.54) is 5.56 Å². The minimum absolute atomic E-state index is 0.605. The van der Waals surface area contributed by atoms with Crippen LogP contribution in [0.5, 0.6) is 0 Å². The molecule has 104 valence electrons. The predicted molar refractivity (Wildman–Crippen MR) is 77.5 cm³/mol. The molecule has 0 aliphatic carbocycles. The molecule has 2 heterocycles. The van der Waals surface area contributed by atoms with Crippen molar-refractivity contribution in [2.75, 3.05) is 6.54 Å². The summed E-state index contributed by atoms with van der Waals surface area (Å²) in [5.41, 5.74) is 3.10. The summed E-state index contributed by atoms with van der Waals surface area (Å²) in [6.07, 6.45) is 0. The van der Waals surface area contributed by atoms with Crippen LogP contribution in [0, 0.1) is 6.92 Å². The first-order valence-electron chi connectivity index (χ1n) is 6.85. The Morgan fingerprint density at radius 1 is 1.30 bits per heavy atom. The van der Waals surface area contributed by atoms with Gasteiger partial charge in [0.15, 0.2) is 0 Å². The Morgan fingerprint density at radius 2 is 2.15 bits per heavy atom. The summed E-state index contributed by atoms with van der Waals surface area (Å²) in [5.74, 6) is 1.90. The van der Waals surface area contributed by atoms with Gasteiger partial charge in [-0.1, -0.05) is 24.3 Å². The highest BCUT2D eigenvalue weighted by molar-refractivity contribution is 5.73. The van der Waals surface area contributed by atoms with Gasteiger partial charge in [0, 0.05) is 0 Å². The maximum Gasteiger partial charge on any atom is 0.126 e. The summed E-state index contributed by atoms with van der Waals surface area (Å²) in [4.78, 5) is 0. The van der Waals surface area contributed by atoms with Gasteiger partial charge >= 0.3 is 0 Å². The third-order valence-corrected chi connectivity index (χ3v) is 3.33. The van der Waals surface area contributed by atoms with Crippen molar-refractivity contribution in [3.8, 4) is 0 Å². The predicted octanol–water partition coefficient (Wildman–Crippen LogP) is 2.49. The van der Waals surface area contributed by atoms with Gasteiger partial charge in [-0.3, -0.25) is 0 Å². The summed E-state index contributed by atoms with van der Waals surface area (Å²) >= 11 is 0. The normalized spacial score (nSPS) is 11.3. The quantitative estimate of drug-likeness (QED) is 0.774. The first-order chi connectivity index (χ1) is 9.78. The molecule has 3 rings (SSSR count). The molecule has 5 nitrogen and oxygen atoms in total. The summed E-state index contributed by atoms with van der Waals surface area (Å²) in [6, 6.07) is 10.0. The standard InChI is InChI=1S/C15H18N4O/c1-3-16-9-15-11(2)8-12(20-15)10-19-14-7-5-4-6-13(14)17-18-19/h4-8,16H,3,9-10H2,1-2H3. The lowest BCUT2D eigenvalue weighted by Crippen LogP contribution is -2.11. The Morgan fingerprint density at radius 3 is 3.00 bits per heavy atom. The van der Waals surface area contributed by atoms with Gasteiger partial charge in [-0.25, -0.2) is 4.68 Å². The van der Waals surface area contributed by atoms with E-state index in [9.17, 15) is 0 Å². The lowest BCUT2D eigenvalue weighted by Gasteiger charge is -2.00. The number of rotatable bonds is 5. The number of nitrogens with one attached hydrogen (secondary N) is 1. The van der Waals surface area contributed by atoms with Gasteiger partial charge in [0.25, 0.3) is 0 Å². The molecule has 0 amide bonds. The van der Waals surface area contributed by atoms with E-state index in [2.05, 4.69) is 35.5 Å². The van der Waals surface area contributed by atoms with Crippen molar-refractivity contribution in [1.82, 2.24) is 20.3 Å². The van der Waals surface area contributed by atoms with Crippen LogP contribution >= 0.6 is 0 Å². The number of hydrogen-bond donors (Lipinski definition) is 1. The van der Waals surface area contributed by atoms with E-state index in [-0.39, 0.29) is 0 Å². The maximum absolute atomic E-state index is 5.89. The maximum atomic E-state index is 5.89. The van der Waals surface area contributed by atoms with Crippen LogP contribution in [-0.2, 0) is 13.1 Å². The van der Waals surface area contributed by atoms with Crippen LogP contribution < -0.4 is 5.32 Å². The van der Waals surface area contributed by atoms with Crippen molar-refractivity contribution < 1.29 is 4.42 Å². The Hall–Kier alpha value is -2.14. The summed E-state index contributed by atoms with van der Waals surface area (Å²) in [6.45, 7) is 6.46. The molecule has 5 heteroatoms. The highest BCUT2D eigenvalue weighted by atomic mass is 16.3. The number of para-hydroxylation sites is 1. The second-order valence-electron chi connectivity index (χ2n) is 4.84. The zero-order chi connectivity index (χ0) is 13.9. The van der Waals surface area contributed by atoms with Crippen molar-refractivity contribution in [1.29, 1.82) is 0 Å². The first kappa shape index (κ1) is 12.9. The molecule has 0 saturated heterocycles. The van der Waals surface area contributed by atoms with E-state index < -0.39 is 0 Å². The SMILES string of the molecule is CCNCc1oc(Cn2nnc3ccccc32)cc1C. The molecule has 0 atom stereocenters. The average Bonchev–Trinajstić information content (AvgIpc) is 3.01. The second-order valence-corrected chi connectivity index (χ2v) is 4.84. The van der Waals surface area contributed by atoms with Crippen LogP contribution in [0.1, 0.15) is 24.0 Å². The monoisotopic (exact) mass is 270 g/mol. The van der Waals surface area contributed by atoms with Gasteiger partial charge in [-0.2, -0.15) is 0 Å².